The Morgan fingerprint density at radius 2 is 2.24 bits per heavy atom. The average molecular weight is 254 g/mol. The quantitative estimate of drug-likeness (QED) is 0.867. The first-order valence-electron chi connectivity index (χ1n) is 5.72. The molecule has 92 valence electrons. The third-order valence-corrected chi connectivity index (χ3v) is 3.51. The number of aliphatic carboxylic acids is 1. The summed E-state index contributed by atoms with van der Waals surface area (Å²) in [6, 6.07) is 3.98. The Kier molecular flexibility index (Phi) is 3.29. The molecule has 0 aromatic heterocycles. The van der Waals surface area contributed by atoms with Crippen molar-refractivity contribution in [3.8, 4) is 0 Å². The van der Waals surface area contributed by atoms with Crippen molar-refractivity contribution in [2.75, 3.05) is 11.9 Å². The van der Waals surface area contributed by atoms with Crippen LogP contribution in [0.3, 0.4) is 0 Å². The molecule has 0 radical (unpaired) electrons. The summed E-state index contributed by atoms with van der Waals surface area (Å²) in [5.74, 6) is -0.625. The molecule has 0 heterocycles. The largest absolute Gasteiger partial charge is 0.481 e. The van der Waals surface area contributed by atoms with Gasteiger partial charge in [-0.2, -0.15) is 0 Å². The Morgan fingerprint density at radius 3 is 2.76 bits per heavy atom. The van der Waals surface area contributed by atoms with Crippen molar-refractivity contribution in [3.05, 3.63) is 28.3 Å². The lowest BCUT2D eigenvalue weighted by Crippen LogP contribution is -2.09. The van der Waals surface area contributed by atoms with E-state index in [0.717, 1.165) is 23.2 Å². The Hall–Kier alpha value is -1.22. The zero-order valence-electron chi connectivity index (χ0n) is 9.96. The van der Waals surface area contributed by atoms with Crippen LogP contribution in [0, 0.1) is 25.7 Å². The zero-order valence-corrected chi connectivity index (χ0v) is 10.7. The molecule has 4 heteroatoms. The highest BCUT2D eigenvalue weighted by atomic mass is 35.5. The Bertz CT molecular complexity index is 436. The van der Waals surface area contributed by atoms with Gasteiger partial charge in [-0.05, 0) is 43.4 Å². The fourth-order valence-corrected chi connectivity index (χ4v) is 2.54. The maximum absolute atomic E-state index is 10.7. The van der Waals surface area contributed by atoms with Gasteiger partial charge < -0.3 is 10.4 Å². The van der Waals surface area contributed by atoms with Gasteiger partial charge in [0.25, 0.3) is 0 Å². The summed E-state index contributed by atoms with van der Waals surface area (Å²) in [7, 11) is 0. The molecule has 0 amide bonds. The number of aryl methyl sites for hydroxylation is 2. The SMILES string of the molecule is Cc1cc(C)c(NCC2CC2C(=O)O)c(Cl)c1. The van der Waals surface area contributed by atoms with E-state index in [1.807, 2.05) is 19.9 Å². The van der Waals surface area contributed by atoms with Gasteiger partial charge in [-0.15, -0.1) is 0 Å². The minimum Gasteiger partial charge on any atom is -0.481 e. The van der Waals surface area contributed by atoms with Gasteiger partial charge in [0.2, 0.25) is 0 Å². The lowest BCUT2D eigenvalue weighted by molar-refractivity contribution is -0.138. The maximum Gasteiger partial charge on any atom is 0.306 e. The van der Waals surface area contributed by atoms with Crippen LogP contribution in [-0.2, 0) is 4.79 Å². The molecule has 1 aromatic carbocycles. The molecular weight excluding hydrogens is 238 g/mol. The van der Waals surface area contributed by atoms with E-state index in [2.05, 4.69) is 11.4 Å². The van der Waals surface area contributed by atoms with Gasteiger partial charge in [-0.25, -0.2) is 0 Å². The van der Waals surface area contributed by atoms with E-state index in [-0.39, 0.29) is 11.8 Å². The summed E-state index contributed by atoms with van der Waals surface area (Å²) in [5.41, 5.74) is 3.16. The third-order valence-electron chi connectivity index (χ3n) is 3.21. The van der Waals surface area contributed by atoms with Crippen molar-refractivity contribution < 1.29 is 9.90 Å². The van der Waals surface area contributed by atoms with E-state index in [0.29, 0.717) is 11.6 Å². The van der Waals surface area contributed by atoms with Crippen molar-refractivity contribution >= 4 is 23.3 Å². The summed E-state index contributed by atoms with van der Waals surface area (Å²) in [6.45, 7) is 4.69. The van der Waals surface area contributed by atoms with Crippen LogP contribution in [0.1, 0.15) is 17.5 Å². The standard InChI is InChI=1S/C13H16ClNO2/c1-7-3-8(2)12(11(14)4-7)15-6-9-5-10(9)13(16)17/h3-4,9-10,15H,5-6H2,1-2H3,(H,16,17). The number of rotatable bonds is 4. The lowest BCUT2D eigenvalue weighted by Gasteiger charge is -2.12. The van der Waals surface area contributed by atoms with E-state index in [9.17, 15) is 4.79 Å². The minimum atomic E-state index is -0.691. The molecule has 2 rings (SSSR count). The summed E-state index contributed by atoms with van der Waals surface area (Å²) < 4.78 is 0. The van der Waals surface area contributed by atoms with Crippen LogP contribution in [0.25, 0.3) is 0 Å². The van der Waals surface area contributed by atoms with Crippen LogP contribution >= 0.6 is 11.6 Å². The van der Waals surface area contributed by atoms with Crippen LogP contribution in [-0.4, -0.2) is 17.6 Å². The van der Waals surface area contributed by atoms with Crippen LogP contribution in [0.2, 0.25) is 5.02 Å². The molecule has 1 aromatic rings. The number of benzene rings is 1. The molecule has 2 N–H and O–H groups in total. The molecule has 0 saturated heterocycles. The normalized spacial score (nSPS) is 22.3. The fourth-order valence-electron chi connectivity index (χ4n) is 2.15. The molecule has 3 nitrogen and oxygen atoms in total. The van der Waals surface area contributed by atoms with E-state index >= 15 is 0 Å². The predicted molar refractivity (Wildman–Crippen MR) is 68.6 cm³/mol. The summed E-state index contributed by atoms with van der Waals surface area (Å²) in [6.07, 6.45) is 0.769. The second-order valence-corrected chi connectivity index (χ2v) is 5.17. The number of carboxylic acids is 1. The van der Waals surface area contributed by atoms with Crippen molar-refractivity contribution in [1.29, 1.82) is 0 Å². The topological polar surface area (TPSA) is 49.3 Å². The van der Waals surface area contributed by atoms with Crippen LogP contribution in [0.4, 0.5) is 5.69 Å². The molecule has 1 fully saturated rings. The number of nitrogens with one attached hydrogen (secondary N) is 1. The van der Waals surface area contributed by atoms with Gasteiger partial charge in [-0.1, -0.05) is 17.7 Å². The number of hydrogen-bond donors (Lipinski definition) is 2. The molecule has 2 atom stereocenters. The Balaban J connectivity index is 1.98. The van der Waals surface area contributed by atoms with Crippen LogP contribution in [0.5, 0.6) is 0 Å². The first kappa shape index (κ1) is 12.2. The fraction of sp³-hybridized carbons (Fsp3) is 0.462. The average Bonchev–Trinajstić information content (AvgIpc) is 2.95. The Labute approximate surface area is 106 Å². The lowest BCUT2D eigenvalue weighted by atomic mass is 10.1. The van der Waals surface area contributed by atoms with Crippen molar-refractivity contribution in [2.45, 2.75) is 20.3 Å². The summed E-state index contributed by atoms with van der Waals surface area (Å²) >= 11 is 6.16. The summed E-state index contributed by atoms with van der Waals surface area (Å²) in [5, 5.41) is 12.8. The first-order chi connectivity index (χ1) is 7.99. The maximum atomic E-state index is 10.7. The van der Waals surface area contributed by atoms with Crippen molar-refractivity contribution in [2.24, 2.45) is 11.8 Å². The summed E-state index contributed by atoms with van der Waals surface area (Å²) in [4.78, 5) is 10.7. The van der Waals surface area contributed by atoms with Gasteiger partial charge in [0.05, 0.1) is 16.6 Å². The molecule has 2 unspecified atom stereocenters. The van der Waals surface area contributed by atoms with Crippen molar-refractivity contribution in [3.63, 3.8) is 0 Å². The smallest absolute Gasteiger partial charge is 0.306 e. The minimum absolute atomic E-state index is 0.174. The number of anilines is 1. The van der Waals surface area contributed by atoms with E-state index in [1.165, 1.54) is 0 Å². The van der Waals surface area contributed by atoms with Gasteiger partial charge in [-0.3, -0.25) is 4.79 Å². The molecule has 1 aliphatic rings. The number of carboxylic acid groups (broad SMARTS) is 1. The highest BCUT2D eigenvalue weighted by Gasteiger charge is 2.42. The molecule has 0 spiro atoms. The van der Waals surface area contributed by atoms with Gasteiger partial charge in [0.1, 0.15) is 0 Å². The monoisotopic (exact) mass is 253 g/mol. The molecular formula is C13H16ClNO2. The van der Waals surface area contributed by atoms with Gasteiger partial charge in [0, 0.05) is 6.54 Å². The van der Waals surface area contributed by atoms with E-state index in [1.54, 1.807) is 0 Å². The molecule has 17 heavy (non-hydrogen) atoms. The molecule has 0 bridgehead atoms. The molecule has 1 saturated carbocycles. The Morgan fingerprint density at radius 1 is 1.53 bits per heavy atom. The highest BCUT2D eigenvalue weighted by molar-refractivity contribution is 6.33. The van der Waals surface area contributed by atoms with E-state index in [4.69, 9.17) is 16.7 Å². The highest BCUT2D eigenvalue weighted by Crippen LogP contribution is 2.39. The predicted octanol–water partition coefficient (Wildman–Crippen LogP) is 3.09. The first-order valence-corrected chi connectivity index (χ1v) is 6.10. The second-order valence-electron chi connectivity index (χ2n) is 4.76. The zero-order chi connectivity index (χ0) is 12.6. The van der Waals surface area contributed by atoms with Crippen LogP contribution in [0.15, 0.2) is 12.1 Å². The van der Waals surface area contributed by atoms with Gasteiger partial charge in [0.15, 0.2) is 0 Å². The number of hydrogen-bond acceptors (Lipinski definition) is 2. The van der Waals surface area contributed by atoms with Gasteiger partial charge >= 0.3 is 5.97 Å². The molecule has 0 aliphatic heterocycles. The number of halogens is 1. The molecule has 1 aliphatic carbocycles. The van der Waals surface area contributed by atoms with Crippen LogP contribution < -0.4 is 5.32 Å². The van der Waals surface area contributed by atoms with E-state index < -0.39 is 5.97 Å². The second kappa shape index (κ2) is 4.57. The third kappa shape index (κ3) is 2.72. The van der Waals surface area contributed by atoms with Crippen molar-refractivity contribution in [1.82, 2.24) is 0 Å². The number of carbonyl (C=O) groups is 1.